The number of thioether (sulfide) groups is 1. The quantitative estimate of drug-likeness (QED) is 0.653. The van der Waals surface area contributed by atoms with Crippen molar-refractivity contribution >= 4 is 17.7 Å². The van der Waals surface area contributed by atoms with Crippen molar-refractivity contribution in [2.24, 2.45) is 0 Å². The molecule has 1 N–H and O–H groups in total. The zero-order valence-electron chi connectivity index (χ0n) is 12.7. The summed E-state index contributed by atoms with van der Waals surface area (Å²) in [4.78, 5) is 22.8. The Morgan fingerprint density at radius 2 is 2.00 bits per heavy atom. The van der Waals surface area contributed by atoms with Crippen LogP contribution in [-0.2, 0) is 6.54 Å². The first-order chi connectivity index (χ1) is 10.6. The number of aliphatic hydroxyl groups is 1. The van der Waals surface area contributed by atoms with E-state index in [0.29, 0.717) is 17.4 Å². The second-order valence-corrected chi connectivity index (χ2v) is 5.59. The van der Waals surface area contributed by atoms with Gasteiger partial charge in [-0.05, 0) is 24.8 Å². The largest absolute Gasteiger partial charge is 0.395 e. The summed E-state index contributed by atoms with van der Waals surface area (Å²) < 4.78 is 0. The van der Waals surface area contributed by atoms with Gasteiger partial charge in [0.15, 0.2) is 5.16 Å². The molecule has 0 spiro atoms. The first-order valence-electron chi connectivity index (χ1n) is 6.97. The van der Waals surface area contributed by atoms with Gasteiger partial charge in [-0.2, -0.15) is 0 Å². The number of hydrogen-bond acceptors (Lipinski definition) is 5. The number of benzene rings is 1. The van der Waals surface area contributed by atoms with Gasteiger partial charge in [-0.1, -0.05) is 42.1 Å². The van der Waals surface area contributed by atoms with Gasteiger partial charge in [0.2, 0.25) is 0 Å². The highest BCUT2D eigenvalue weighted by Crippen LogP contribution is 2.13. The van der Waals surface area contributed by atoms with E-state index in [1.165, 1.54) is 11.8 Å². The molecular weight excluding hydrogens is 298 g/mol. The first-order valence-corrected chi connectivity index (χ1v) is 8.20. The molecule has 0 atom stereocenters. The van der Waals surface area contributed by atoms with Gasteiger partial charge < -0.3 is 10.0 Å². The highest BCUT2D eigenvalue weighted by Gasteiger charge is 2.18. The first kappa shape index (κ1) is 16.5. The lowest BCUT2D eigenvalue weighted by molar-refractivity contribution is 0.0700. The lowest BCUT2D eigenvalue weighted by Crippen LogP contribution is -2.33. The van der Waals surface area contributed by atoms with Crippen LogP contribution in [0.25, 0.3) is 0 Å². The minimum Gasteiger partial charge on any atom is -0.395 e. The highest BCUT2D eigenvalue weighted by molar-refractivity contribution is 7.98. The third kappa shape index (κ3) is 4.29. The number of aryl methyl sites for hydroxylation is 1. The molecule has 1 heterocycles. The van der Waals surface area contributed by atoms with Gasteiger partial charge in [0.05, 0.1) is 6.61 Å². The molecule has 5 nitrogen and oxygen atoms in total. The molecule has 1 aromatic heterocycles. The number of amides is 1. The molecule has 0 aliphatic carbocycles. The summed E-state index contributed by atoms with van der Waals surface area (Å²) in [6, 6.07) is 11.4. The lowest BCUT2D eigenvalue weighted by atomic mass is 10.2. The fourth-order valence-electron chi connectivity index (χ4n) is 2.08. The third-order valence-corrected chi connectivity index (χ3v) is 3.66. The van der Waals surface area contributed by atoms with E-state index in [1.54, 1.807) is 11.0 Å². The average Bonchev–Trinajstić information content (AvgIpc) is 2.54. The average molecular weight is 317 g/mol. The minimum atomic E-state index is -0.196. The summed E-state index contributed by atoms with van der Waals surface area (Å²) in [5, 5.41) is 9.81. The molecular formula is C16H19N3O2S. The van der Waals surface area contributed by atoms with Crippen molar-refractivity contribution in [2.45, 2.75) is 18.6 Å². The van der Waals surface area contributed by atoms with Crippen molar-refractivity contribution in [1.82, 2.24) is 14.9 Å². The maximum absolute atomic E-state index is 12.7. The highest BCUT2D eigenvalue weighted by atomic mass is 32.2. The molecule has 1 amide bonds. The van der Waals surface area contributed by atoms with E-state index in [-0.39, 0.29) is 19.1 Å². The van der Waals surface area contributed by atoms with Crippen molar-refractivity contribution in [2.75, 3.05) is 19.4 Å². The Kier molecular flexibility index (Phi) is 5.91. The summed E-state index contributed by atoms with van der Waals surface area (Å²) >= 11 is 1.40. The molecule has 2 rings (SSSR count). The zero-order valence-corrected chi connectivity index (χ0v) is 13.5. The van der Waals surface area contributed by atoms with Crippen LogP contribution in [0.4, 0.5) is 0 Å². The summed E-state index contributed by atoms with van der Waals surface area (Å²) in [5.41, 5.74) is 2.13. The van der Waals surface area contributed by atoms with Gasteiger partial charge in [0.25, 0.3) is 5.91 Å². The molecule has 22 heavy (non-hydrogen) atoms. The van der Waals surface area contributed by atoms with Crippen molar-refractivity contribution in [3.8, 4) is 0 Å². The number of rotatable bonds is 6. The molecule has 6 heteroatoms. The van der Waals surface area contributed by atoms with Crippen LogP contribution < -0.4 is 0 Å². The standard InChI is InChI=1S/C16H19N3O2S/c1-12-10-14(18-16(17-12)22-2)15(21)19(8-9-20)11-13-6-4-3-5-7-13/h3-7,10,20H,8-9,11H2,1-2H3. The molecule has 0 radical (unpaired) electrons. The molecule has 0 bridgehead atoms. The minimum absolute atomic E-state index is 0.0853. The fourth-order valence-corrected chi connectivity index (χ4v) is 2.51. The molecule has 116 valence electrons. The Labute approximate surface area is 134 Å². The van der Waals surface area contributed by atoms with E-state index in [4.69, 9.17) is 0 Å². The molecule has 0 aliphatic heterocycles. The fraction of sp³-hybridized carbons (Fsp3) is 0.312. The Morgan fingerprint density at radius 1 is 1.27 bits per heavy atom. The van der Waals surface area contributed by atoms with E-state index in [2.05, 4.69) is 9.97 Å². The SMILES string of the molecule is CSc1nc(C)cc(C(=O)N(CCO)Cc2ccccc2)n1. The molecule has 2 aromatic rings. The third-order valence-electron chi connectivity index (χ3n) is 3.11. The maximum Gasteiger partial charge on any atom is 0.273 e. The number of nitrogens with zero attached hydrogens (tertiary/aromatic N) is 3. The Balaban J connectivity index is 2.24. The number of carbonyl (C=O) groups is 1. The Bertz CT molecular complexity index is 635. The molecule has 0 unspecified atom stereocenters. The van der Waals surface area contributed by atoms with Gasteiger partial charge in [0, 0.05) is 18.8 Å². The lowest BCUT2D eigenvalue weighted by Gasteiger charge is -2.21. The summed E-state index contributed by atoms with van der Waals surface area (Å²) in [5.74, 6) is -0.196. The smallest absolute Gasteiger partial charge is 0.273 e. The van der Waals surface area contributed by atoms with Crippen LogP contribution in [-0.4, -0.2) is 45.3 Å². The van der Waals surface area contributed by atoms with Crippen LogP contribution in [0.15, 0.2) is 41.6 Å². The Hall–Kier alpha value is -1.92. The van der Waals surface area contributed by atoms with Crippen molar-refractivity contribution in [3.63, 3.8) is 0 Å². The van der Waals surface area contributed by atoms with E-state index >= 15 is 0 Å². The maximum atomic E-state index is 12.7. The molecule has 0 fully saturated rings. The topological polar surface area (TPSA) is 66.3 Å². The van der Waals surface area contributed by atoms with Crippen molar-refractivity contribution in [3.05, 3.63) is 53.3 Å². The monoisotopic (exact) mass is 317 g/mol. The second-order valence-electron chi connectivity index (χ2n) is 4.82. The Morgan fingerprint density at radius 3 is 2.64 bits per heavy atom. The summed E-state index contributed by atoms with van der Waals surface area (Å²) in [7, 11) is 0. The van der Waals surface area contributed by atoms with E-state index in [9.17, 15) is 9.90 Å². The van der Waals surface area contributed by atoms with Gasteiger partial charge in [-0.15, -0.1) is 0 Å². The predicted molar refractivity (Wildman–Crippen MR) is 86.8 cm³/mol. The summed E-state index contributed by atoms with van der Waals surface area (Å²) in [6.45, 7) is 2.47. The number of aliphatic hydroxyl groups excluding tert-OH is 1. The van der Waals surface area contributed by atoms with Crippen LogP contribution >= 0.6 is 11.8 Å². The van der Waals surface area contributed by atoms with E-state index < -0.39 is 0 Å². The molecule has 0 saturated heterocycles. The normalized spacial score (nSPS) is 10.5. The van der Waals surface area contributed by atoms with E-state index in [0.717, 1.165) is 11.3 Å². The van der Waals surface area contributed by atoms with Crippen LogP contribution in [0.1, 0.15) is 21.7 Å². The zero-order chi connectivity index (χ0) is 15.9. The molecule has 0 saturated carbocycles. The van der Waals surface area contributed by atoms with Gasteiger partial charge in [0.1, 0.15) is 5.69 Å². The summed E-state index contributed by atoms with van der Waals surface area (Å²) in [6.07, 6.45) is 1.87. The van der Waals surface area contributed by atoms with Crippen molar-refractivity contribution < 1.29 is 9.90 Å². The second kappa shape index (κ2) is 7.91. The van der Waals surface area contributed by atoms with Crippen LogP contribution in [0, 0.1) is 6.92 Å². The van der Waals surface area contributed by atoms with Gasteiger partial charge in [-0.25, -0.2) is 9.97 Å². The number of carbonyl (C=O) groups excluding carboxylic acids is 1. The van der Waals surface area contributed by atoms with Gasteiger partial charge >= 0.3 is 0 Å². The van der Waals surface area contributed by atoms with Crippen LogP contribution in [0.3, 0.4) is 0 Å². The van der Waals surface area contributed by atoms with Crippen molar-refractivity contribution in [1.29, 1.82) is 0 Å². The molecule has 0 aliphatic rings. The van der Waals surface area contributed by atoms with Gasteiger partial charge in [-0.3, -0.25) is 4.79 Å². The molecule has 1 aromatic carbocycles. The van der Waals surface area contributed by atoms with Crippen LogP contribution in [0.5, 0.6) is 0 Å². The van der Waals surface area contributed by atoms with E-state index in [1.807, 2.05) is 43.5 Å². The number of hydrogen-bond donors (Lipinski definition) is 1. The number of aromatic nitrogens is 2. The predicted octanol–water partition coefficient (Wildman–Crippen LogP) is 2.14. The van der Waals surface area contributed by atoms with Crippen LogP contribution in [0.2, 0.25) is 0 Å².